The number of imide groups is 1. The largest absolute Gasteiger partial charge is 0.493 e. The molecule has 2 heterocycles. The standard InChI is InChI=1S/C31H33NO10S/c1-37-24-14-18(15-25(38-2)28(24)40-4)22-10-11-23(42-22)19-16-26(39-3)29(27(17-19)43(5,35)36)41-13-12-32-30(33)20-8-6-7-9-21(20)31(32)34/h6-9,14-17,22-23H,10-13H2,1-5H3/t22-,23-/m1/s1. The van der Waals surface area contributed by atoms with Crippen molar-refractivity contribution in [3.8, 4) is 28.7 Å². The Morgan fingerprint density at radius 3 is 1.72 bits per heavy atom. The number of nitrogens with zero attached hydrogens (tertiary/aromatic N) is 1. The van der Waals surface area contributed by atoms with Gasteiger partial charge in [0.2, 0.25) is 5.75 Å². The third-order valence-corrected chi connectivity index (χ3v) is 8.65. The molecule has 43 heavy (non-hydrogen) atoms. The van der Waals surface area contributed by atoms with Crippen LogP contribution >= 0.6 is 0 Å². The molecule has 5 rings (SSSR count). The molecule has 0 bridgehead atoms. The molecule has 0 saturated carbocycles. The summed E-state index contributed by atoms with van der Waals surface area (Å²) in [4.78, 5) is 26.4. The Morgan fingerprint density at radius 2 is 1.26 bits per heavy atom. The van der Waals surface area contributed by atoms with Gasteiger partial charge in [0.25, 0.3) is 11.8 Å². The summed E-state index contributed by atoms with van der Waals surface area (Å²) in [5.74, 6) is 0.846. The summed E-state index contributed by atoms with van der Waals surface area (Å²) in [6.45, 7) is -0.199. The number of benzene rings is 3. The number of methoxy groups -OCH3 is 4. The monoisotopic (exact) mass is 611 g/mol. The Morgan fingerprint density at radius 1 is 0.767 bits per heavy atom. The molecule has 0 radical (unpaired) electrons. The van der Waals surface area contributed by atoms with Crippen molar-refractivity contribution in [1.29, 1.82) is 0 Å². The number of hydrogen-bond donors (Lipinski definition) is 0. The molecule has 0 spiro atoms. The quantitative estimate of drug-likeness (QED) is 0.288. The van der Waals surface area contributed by atoms with Gasteiger partial charge in [-0.05, 0) is 60.4 Å². The Hall–Kier alpha value is -4.29. The second kappa shape index (κ2) is 12.1. The van der Waals surface area contributed by atoms with Crippen molar-refractivity contribution in [1.82, 2.24) is 4.90 Å². The molecule has 0 N–H and O–H groups in total. The third-order valence-electron chi connectivity index (χ3n) is 7.55. The van der Waals surface area contributed by atoms with Crippen LogP contribution in [0.3, 0.4) is 0 Å². The number of ether oxygens (including phenoxy) is 6. The first-order valence-corrected chi connectivity index (χ1v) is 15.5. The number of amides is 2. The number of rotatable bonds is 11. The van der Waals surface area contributed by atoms with Gasteiger partial charge < -0.3 is 28.4 Å². The molecule has 0 aliphatic carbocycles. The van der Waals surface area contributed by atoms with Crippen molar-refractivity contribution in [2.75, 3.05) is 47.8 Å². The zero-order chi connectivity index (χ0) is 30.9. The Kier molecular flexibility index (Phi) is 8.52. The van der Waals surface area contributed by atoms with Gasteiger partial charge in [-0.3, -0.25) is 14.5 Å². The van der Waals surface area contributed by atoms with E-state index in [2.05, 4.69) is 0 Å². The molecule has 1 fully saturated rings. The van der Waals surface area contributed by atoms with Gasteiger partial charge in [0, 0.05) is 6.26 Å². The fourth-order valence-electron chi connectivity index (χ4n) is 5.45. The first-order valence-electron chi connectivity index (χ1n) is 13.6. The minimum atomic E-state index is -3.78. The average molecular weight is 612 g/mol. The van der Waals surface area contributed by atoms with Crippen molar-refractivity contribution in [2.45, 2.75) is 29.9 Å². The zero-order valence-corrected chi connectivity index (χ0v) is 25.4. The van der Waals surface area contributed by atoms with Crippen LogP contribution in [0, 0.1) is 0 Å². The highest BCUT2D eigenvalue weighted by molar-refractivity contribution is 7.90. The normalized spacial score (nSPS) is 18.0. The van der Waals surface area contributed by atoms with Gasteiger partial charge in [-0.15, -0.1) is 0 Å². The van der Waals surface area contributed by atoms with Crippen LogP contribution < -0.4 is 23.7 Å². The predicted molar refractivity (Wildman–Crippen MR) is 155 cm³/mol. The lowest BCUT2D eigenvalue weighted by molar-refractivity contribution is 0.0434. The van der Waals surface area contributed by atoms with Gasteiger partial charge in [0.1, 0.15) is 11.5 Å². The molecule has 2 atom stereocenters. The molecular formula is C31H33NO10S. The molecule has 2 amide bonds. The van der Waals surface area contributed by atoms with E-state index in [0.29, 0.717) is 46.8 Å². The molecule has 3 aromatic rings. The lowest BCUT2D eigenvalue weighted by Crippen LogP contribution is -2.33. The molecule has 12 heteroatoms. The Balaban J connectivity index is 1.37. The molecule has 228 valence electrons. The van der Waals surface area contributed by atoms with Gasteiger partial charge >= 0.3 is 0 Å². The number of carbonyl (C=O) groups is 2. The van der Waals surface area contributed by atoms with Crippen molar-refractivity contribution in [3.63, 3.8) is 0 Å². The highest BCUT2D eigenvalue weighted by Crippen LogP contribution is 2.48. The zero-order valence-electron chi connectivity index (χ0n) is 24.5. The van der Waals surface area contributed by atoms with E-state index in [9.17, 15) is 18.0 Å². The topological polar surface area (TPSA) is 127 Å². The van der Waals surface area contributed by atoms with E-state index in [0.717, 1.165) is 16.7 Å². The summed E-state index contributed by atoms with van der Waals surface area (Å²) in [5, 5.41) is 0. The maximum Gasteiger partial charge on any atom is 0.261 e. The van der Waals surface area contributed by atoms with Crippen LogP contribution in [0.5, 0.6) is 28.7 Å². The van der Waals surface area contributed by atoms with Crippen LogP contribution in [0.25, 0.3) is 0 Å². The third kappa shape index (κ3) is 5.72. The highest BCUT2D eigenvalue weighted by atomic mass is 32.2. The molecule has 3 aromatic carbocycles. The smallest absolute Gasteiger partial charge is 0.261 e. The fraction of sp³-hybridized carbons (Fsp3) is 0.355. The van der Waals surface area contributed by atoms with E-state index >= 15 is 0 Å². The summed E-state index contributed by atoms with van der Waals surface area (Å²) in [6.07, 6.45) is 1.64. The van der Waals surface area contributed by atoms with Gasteiger partial charge in [-0.25, -0.2) is 8.42 Å². The molecule has 1 saturated heterocycles. The van der Waals surface area contributed by atoms with Gasteiger partial charge in [-0.2, -0.15) is 0 Å². The molecule has 2 aliphatic heterocycles. The minimum Gasteiger partial charge on any atom is -0.493 e. The van der Waals surface area contributed by atoms with E-state index in [1.807, 2.05) is 12.1 Å². The molecule has 2 aliphatic rings. The second-order valence-corrected chi connectivity index (χ2v) is 12.1. The van der Waals surface area contributed by atoms with Crippen molar-refractivity contribution in [3.05, 3.63) is 70.8 Å². The molecule has 0 unspecified atom stereocenters. The predicted octanol–water partition coefficient (Wildman–Crippen LogP) is 4.39. The maximum atomic E-state index is 12.9. The number of carbonyl (C=O) groups excluding carboxylic acids is 2. The minimum absolute atomic E-state index is 0.00420. The summed E-state index contributed by atoms with van der Waals surface area (Å²) >= 11 is 0. The first kappa shape index (κ1) is 30.2. The SMILES string of the molecule is COc1cc([C@H]2CC[C@H](c3cc(OC)c(OCCN4C(=O)c5ccccc5C4=O)c(S(C)(=O)=O)c3)O2)cc(OC)c1OC. The van der Waals surface area contributed by atoms with E-state index < -0.39 is 27.8 Å². The van der Waals surface area contributed by atoms with E-state index in [4.69, 9.17) is 28.4 Å². The van der Waals surface area contributed by atoms with Crippen molar-refractivity contribution >= 4 is 21.7 Å². The van der Waals surface area contributed by atoms with E-state index in [1.165, 1.54) is 20.3 Å². The summed E-state index contributed by atoms with van der Waals surface area (Å²) in [5.41, 5.74) is 2.10. The molecule has 11 nitrogen and oxygen atoms in total. The second-order valence-electron chi connectivity index (χ2n) is 10.1. The van der Waals surface area contributed by atoms with E-state index in [-0.39, 0.29) is 35.7 Å². The van der Waals surface area contributed by atoms with Crippen LogP contribution in [0.4, 0.5) is 0 Å². The van der Waals surface area contributed by atoms with Crippen molar-refractivity contribution < 1.29 is 46.4 Å². The molecular weight excluding hydrogens is 578 g/mol. The van der Waals surface area contributed by atoms with Crippen LogP contribution in [0.2, 0.25) is 0 Å². The summed E-state index contributed by atoms with van der Waals surface area (Å²) in [7, 11) is 2.26. The van der Waals surface area contributed by atoms with Crippen LogP contribution in [-0.4, -0.2) is 73.0 Å². The van der Waals surface area contributed by atoms with Crippen LogP contribution in [-0.2, 0) is 14.6 Å². The fourth-order valence-corrected chi connectivity index (χ4v) is 6.29. The van der Waals surface area contributed by atoms with Gasteiger partial charge in [0.05, 0.1) is 58.3 Å². The maximum absolute atomic E-state index is 12.9. The van der Waals surface area contributed by atoms with Gasteiger partial charge in [0.15, 0.2) is 32.8 Å². The Bertz CT molecular complexity index is 1610. The van der Waals surface area contributed by atoms with E-state index in [1.54, 1.807) is 44.6 Å². The first-order chi connectivity index (χ1) is 20.6. The lowest BCUT2D eigenvalue weighted by atomic mass is 10.0. The number of fused-ring (bicyclic) bond motifs is 1. The summed E-state index contributed by atoms with van der Waals surface area (Å²) < 4.78 is 60.1. The average Bonchev–Trinajstić information content (AvgIpc) is 3.59. The van der Waals surface area contributed by atoms with Crippen molar-refractivity contribution in [2.24, 2.45) is 0 Å². The highest BCUT2D eigenvalue weighted by Gasteiger charge is 2.36. The van der Waals surface area contributed by atoms with Crippen LogP contribution in [0.15, 0.2) is 53.4 Å². The van der Waals surface area contributed by atoms with Crippen LogP contribution in [0.1, 0.15) is 56.9 Å². The van der Waals surface area contributed by atoms with Gasteiger partial charge in [-0.1, -0.05) is 12.1 Å². The lowest BCUT2D eigenvalue weighted by Gasteiger charge is -2.21. The summed E-state index contributed by atoms with van der Waals surface area (Å²) in [6, 6.07) is 13.5. The Labute approximate surface area is 250 Å². The number of sulfone groups is 1. The molecule has 0 aromatic heterocycles. The number of hydrogen-bond acceptors (Lipinski definition) is 10.